The number of piperidine rings is 1. The highest BCUT2D eigenvalue weighted by atomic mass is 35.5. The Morgan fingerprint density at radius 3 is 2.80 bits per heavy atom. The summed E-state index contributed by atoms with van der Waals surface area (Å²) in [6.07, 6.45) is 2.65. The molecule has 1 fully saturated rings. The predicted octanol–water partition coefficient (Wildman–Crippen LogP) is 1.74. The quantitative estimate of drug-likeness (QED) is 0.827. The summed E-state index contributed by atoms with van der Waals surface area (Å²) < 4.78 is 5.22. The van der Waals surface area contributed by atoms with E-state index >= 15 is 0 Å². The Balaban J connectivity index is 2.18. The molecule has 1 amide bonds. The van der Waals surface area contributed by atoms with Gasteiger partial charge in [-0.3, -0.25) is 4.79 Å². The van der Waals surface area contributed by atoms with Crippen LogP contribution in [0.15, 0.2) is 6.33 Å². The van der Waals surface area contributed by atoms with Gasteiger partial charge in [0, 0.05) is 7.11 Å². The zero-order valence-corrected chi connectivity index (χ0v) is 12.6. The first-order valence-electron chi connectivity index (χ1n) is 6.26. The van der Waals surface area contributed by atoms with Crippen LogP contribution in [0.3, 0.4) is 0 Å². The van der Waals surface area contributed by atoms with Crippen LogP contribution in [-0.2, 0) is 9.53 Å². The van der Waals surface area contributed by atoms with E-state index in [-0.39, 0.29) is 21.9 Å². The maximum atomic E-state index is 12.6. The van der Waals surface area contributed by atoms with Crippen molar-refractivity contribution in [3.8, 4) is 0 Å². The summed E-state index contributed by atoms with van der Waals surface area (Å²) in [6, 6.07) is 0. The second-order valence-electron chi connectivity index (χ2n) is 4.74. The first kappa shape index (κ1) is 15.4. The van der Waals surface area contributed by atoms with Crippen LogP contribution in [0.5, 0.6) is 0 Å². The molecule has 0 spiro atoms. The Kier molecular flexibility index (Phi) is 5.15. The van der Waals surface area contributed by atoms with Gasteiger partial charge in [-0.1, -0.05) is 23.2 Å². The standard InChI is InChI=1S/C12H16Cl2N4O2/c1-20-6-12(2-4-15-5-3-12)11(19)18-10-8(13)9(14)16-7-17-10/h7,15H,2-6H2,1H3,(H,16,17,18,19). The second kappa shape index (κ2) is 6.67. The zero-order chi connectivity index (χ0) is 14.6. The number of hydrogen-bond acceptors (Lipinski definition) is 5. The molecule has 2 N–H and O–H groups in total. The summed E-state index contributed by atoms with van der Waals surface area (Å²) >= 11 is 11.8. The van der Waals surface area contributed by atoms with Crippen molar-refractivity contribution in [3.05, 3.63) is 16.5 Å². The highest BCUT2D eigenvalue weighted by Crippen LogP contribution is 2.32. The smallest absolute Gasteiger partial charge is 0.234 e. The van der Waals surface area contributed by atoms with E-state index in [1.54, 1.807) is 7.11 Å². The number of nitrogens with zero attached hydrogens (tertiary/aromatic N) is 2. The molecule has 110 valence electrons. The lowest BCUT2D eigenvalue weighted by molar-refractivity contribution is -0.130. The molecule has 1 aromatic heterocycles. The van der Waals surface area contributed by atoms with Gasteiger partial charge in [-0.05, 0) is 25.9 Å². The topological polar surface area (TPSA) is 76.1 Å². The van der Waals surface area contributed by atoms with Gasteiger partial charge in [0.05, 0.1) is 12.0 Å². The Morgan fingerprint density at radius 2 is 2.15 bits per heavy atom. The van der Waals surface area contributed by atoms with Gasteiger partial charge in [0.1, 0.15) is 11.3 Å². The van der Waals surface area contributed by atoms with Gasteiger partial charge in [0.2, 0.25) is 5.91 Å². The van der Waals surface area contributed by atoms with Crippen molar-refractivity contribution in [2.75, 3.05) is 32.1 Å². The van der Waals surface area contributed by atoms with E-state index in [4.69, 9.17) is 27.9 Å². The molecule has 0 radical (unpaired) electrons. The number of methoxy groups -OCH3 is 1. The van der Waals surface area contributed by atoms with Crippen LogP contribution in [0.2, 0.25) is 10.2 Å². The maximum absolute atomic E-state index is 12.6. The van der Waals surface area contributed by atoms with Crippen molar-refractivity contribution in [3.63, 3.8) is 0 Å². The molecule has 0 aromatic carbocycles. The molecule has 1 aromatic rings. The summed E-state index contributed by atoms with van der Waals surface area (Å²) in [4.78, 5) is 20.3. The molecule has 0 saturated carbocycles. The summed E-state index contributed by atoms with van der Waals surface area (Å²) in [7, 11) is 1.59. The molecular formula is C12H16Cl2N4O2. The van der Waals surface area contributed by atoms with Crippen LogP contribution < -0.4 is 10.6 Å². The molecule has 2 heterocycles. The number of rotatable bonds is 4. The zero-order valence-electron chi connectivity index (χ0n) is 11.1. The van der Waals surface area contributed by atoms with E-state index in [1.807, 2.05) is 0 Å². The molecule has 0 aliphatic carbocycles. The molecular weight excluding hydrogens is 303 g/mol. The molecule has 2 rings (SSSR count). The fourth-order valence-corrected chi connectivity index (χ4v) is 2.57. The monoisotopic (exact) mass is 318 g/mol. The Hall–Kier alpha value is -0.950. The van der Waals surface area contributed by atoms with Crippen LogP contribution in [0.25, 0.3) is 0 Å². The molecule has 8 heteroatoms. The van der Waals surface area contributed by atoms with Crippen LogP contribution in [-0.4, -0.2) is 42.7 Å². The van der Waals surface area contributed by atoms with E-state index in [2.05, 4.69) is 20.6 Å². The lowest BCUT2D eigenvalue weighted by Crippen LogP contribution is -2.47. The Morgan fingerprint density at radius 1 is 1.45 bits per heavy atom. The second-order valence-corrected chi connectivity index (χ2v) is 5.48. The normalized spacial score (nSPS) is 17.8. The van der Waals surface area contributed by atoms with Crippen LogP contribution >= 0.6 is 23.2 Å². The molecule has 1 aliphatic rings. The van der Waals surface area contributed by atoms with Gasteiger partial charge in [-0.2, -0.15) is 0 Å². The number of hydrogen-bond donors (Lipinski definition) is 2. The summed E-state index contributed by atoms with van der Waals surface area (Å²) in [5, 5.41) is 6.22. The number of aromatic nitrogens is 2. The molecule has 1 aliphatic heterocycles. The number of carbonyl (C=O) groups is 1. The van der Waals surface area contributed by atoms with Gasteiger partial charge in [0.15, 0.2) is 11.0 Å². The van der Waals surface area contributed by atoms with Gasteiger partial charge in [0.25, 0.3) is 0 Å². The fourth-order valence-electron chi connectivity index (χ4n) is 2.29. The molecule has 0 atom stereocenters. The van der Waals surface area contributed by atoms with Gasteiger partial charge in [-0.15, -0.1) is 0 Å². The van der Waals surface area contributed by atoms with Gasteiger partial charge >= 0.3 is 0 Å². The lowest BCUT2D eigenvalue weighted by atomic mass is 9.78. The minimum atomic E-state index is -0.569. The van der Waals surface area contributed by atoms with Crippen molar-refractivity contribution in [1.29, 1.82) is 0 Å². The number of ether oxygens (including phenoxy) is 1. The van der Waals surface area contributed by atoms with Gasteiger partial charge < -0.3 is 15.4 Å². The van der Waals surface area contributed by atoms with E-state index in [0.29, 0.717) is 19.4 Å². The largest absolute Gasteiger partial charge is 0.384 e. The number of halogens is 2. The van der Waals surface area contributed by atoms with Crippen LogP contribution in [0, 0.1) is 5.41 Å². The summed E-state index contributed by atoms with van der Waals surface area (Å²) in [5.41, 5.74) is -0.569. The minimum absolute atomic E-state index is 0.114. The van der Waals surface area contributed by atoms with E-state index in [9.17, 15) is 4.79 Å². The average molecular weight is 319 g/mol. The van der Waals surface area contributed by atoms with Gasteiger partial charge in [-0.25, -0.2) is 9.97 Å². The molecule has 20 heavy (non-hydrogen) atoms. The van der Waals surface area contributed by atoms with Crippen LogP contribution in [0.4, 0.5) is 5.82 Å². The molecule has 0 bridgehead atoms. The molecule has 6 nitrogen and oxygen atoms in total. The van der Waals surface area contributed by atoms with Crippen molar-refractivity contribution in [2.24, 2.45) is 5.41 Å². The predicted molar refractivity (Wildman–Crippen MR) is 77.1 cm³/mol. The van der Waals surface area contributed by atoms with E-state index < -0.39 is 5.41 Å². The minimum Gasteiger partial charge on any atom is -0.384 e. The number of nitrogens with one attached hydrogen (secondary N) is 2. The third-order valence-corrected chi connectivity index (χ3v) is 4.18. The lowest BCUT2D eigenvalue weighted by Gasteiger charge is -2.35. The number of amides is 1. The van der Waals surface area contributed by atoms with Crippen molar-refractivity contribution in [1.82, 2.24) is 15.3 Å². The molecule has 0 unspecified atom stereocenters. The third-order valence-electron chi connectivity index (χ3n) is 3.44. The van der Waals surface area contributed by atoms with Crippen molar-refractivity contribution >= 4 is 34.9 Å². The van der Waals surface area contributed by atoms with Crippen molar-refractivity contribution < 1.29 is 9.53 Å². The van der Waals surface area contributed by atoms with E-state index in [1.165, 1.54) is 6.33 Å². The average Bonchev–Trinajstić information content (AvgIpc) is 2.45. The first-order valence-corrected chi connectivity index (χ1v) is 7.02. The molecule has 1 saturated heterocycles. The first-order chi connectivity index (χ1) is 9.59. The number of carbonyl (C=O) groups excluding carboxylic acids is 1. The fraction of sp³-hybridized carbons (Fsp3) is 0.583. The van der Waals surface area contributed by atoms with Crippen molar-refractivity contribution in [2.45, 2.75) is 12.8 Å². The van der Waals surface area contributed by atoms with E-state index in [0.717, 1.165) is 13.1 Å². The summed E-state index contributed by atoms with van der Waals surface area (Å²) in [5.74, 6) is 0.0724. The number of anilines is 1. The summed E-state index contributed by atoms with van der Waals surface area (Å²) in [6.45, 7) is 1.90. The third kappa shape index (κ3) is 3.20. The van der Waals surface area contributed by atoms with Crippen LogP contribution in [0.1, 0.15) is 12.8 Å². The Labute approximate surface area is 127 Å². The Bertz CT molecular complexity index is 487. The SMILES string of the molecule is COCC1(C(=O)Nc2ncnc(Cl)c2Cl)CCNCC1. The maximum Gasteiger partial charge on any atom is 0.234 e. The highest BCUT2D eigenvalue weighted by molar-refractivity contribution is 6.42. The highest BCUT2D eigenvalue weighted by Gasteiger charge is 2.40.